The molecule has 2 atom stereocenters. The van der Waals surface area contributed by atoms with E-state index in [2.05, 4.69) is 92.5 Å². The lowest BCUT2D eigenvalue weighted by atomic mass is 9.96. The van der Waals surface area contributed by atoms with Crippen LogP contribution in [0.4, 0.5) is 0 Å². The molecule has 0 aliphatic heterocycles. The second-order valence-corrected chi connectivity index (χ2v) is 11.7. The summed E-state index contributed by atoms with van der Waals surface area (Å²) in [6.07, 6.45) is 4.19. The monoisotopic (exact) mass is 782 g/mol. The van der Waals surface area contributed by atoms with Gasteiger partial charge in [-0.05, 0) is 71.5 Å². The lowest BCUT2D eigenvalue weighted by Crippen LogP contribution is -2.11. The van der Waals surface area contributed by atoms with Crippen LogP contribution in [-0.4, -0.2) is 56.4 Å². The molecule has 4 aromatic carbocycles. The maximum atomic E-state index is 9.10. The fourth-order valence-electron chi connectivity index (χ4n) is 3.74. The van der Waals surface area contributed by atoms with Crippen LogP contribution in [0.2, 0.25) is 0 Å². The Labute approximate surface area is 295 Å². The average molecular weight is 784 g/mol. The maximum Gasteiger partial charge on any atom is 0.414 e. The molecule has 0 amide bonds. The van der Waals surface area contributed by atoms with E-state index in [9.17, 15) is 0 Å². The molecular weight excluding hydrogens is 748 g/mol. The van der Waals surface area contributed by atoms with Crippen molar-refractivity contribution in [2.24, 2.45) is 11.5 Å². The Morgan fingerprint density at radius 1 is 0.479 bits per heavy atom. The first kappa shape index (κ1) is 41.1. The number of carboxylic acids is 4. The third-order valence-electron chi connectivity index (χ3n) is 5.71. The fourth-order valence-corrected chi connectivity index (χ4v) is 4.27. The van der Waals surface area contributed by atoms with Crippen LogP contribution in [0.25, 0.3) is 11.1 Å². The van der Waals surface area contributed by atoms with Crippen LogP contribution in [0.15, 0.2) is 130 Å². The number of nitrogens with two attached hydrogens (primary N) is 2. The molecule has 4 rings (SSSR count). The van der Waals surface area contributed by atoms with E-state index in [1.165, 1.54) is 33.4 Å². The molecule has 0 aliphatic carbocycles. The van der Waals surface area contributed by atoms with Gasteiger partial charge in [0.05, 0.1) is 0 Å². The van der Waals surface area contributed by atoms with Crippen LogP contribution in [0, 0.1) is 0 Å². The summed E-state index contributed by atoms with van der Waals surface area (Å²) in [6, 6.07) is 37.3. The average Bonchev–Trinajstić information content (AvgIpc) is 3.05. The van der Waals surface area contributed by atoms with Crippen molar-refractivity contribution in [2.45, 2.75) is 25.9 Å². The minimum atomic E-state index is -1.82. The quantitative estimate of drug-likeness (QED) is 0.113. The normalized spacial score (nSPS) is 11.9. The van der Waals surface area contributed by atoms with Crippen molar-refractivity contribution >= 4 is 66.9 Å². The number of carbonyl (C=O) groups is 4. The number of halogens is 2. The van der Waals surface area contributed by atoms with Crippen LogP contribution in [-0.2, 0) is 19.2 Å². The summed E-state index contributed by atoms with van der Waals surface area (Å²) < 4.78 is 2.17. The topological polar surface area (TPSA) is 201 Å². The number of aliphatic carboxylic acids is 4. The smallest absolute Gasteiger partial charge is 0.414 e. The van der Waals surface area contributed by atoms with Crippen LogP contribution in [0.5, 0.6) is 0 Å². The molecule has 4 aromatic rings. The molecule has 0 heterocycles. The van der Waals surface area contributed by atoms with Gasteiger partial charge in [0.15, 0.2) is 0 Å². The van der Waals surface area contributed by atoms with Crippen LogP contribution >= 0.6 is 31.9 Å². The Morgan fingerprint density at radius 3 is 0.917 bits per heavy atom. The molecule has 0 aliphatic rings. The number of carboxylic acid groups (broad SMARTS) is 4. The van der Waals surface area contributed by atoms with Gasteiger partial charge in [-0.2, -0.15) is 0 Å². The molecule has 0 fully saturated rings. The molecule has 48 heavy (non-hydrogen) atoms. The Kier molecular flexibility index (Phi) is 18.7. The van der Waals surface area contributed by atoms with E-state index in [0.717, 1.165) is 8.95 Å². The molecule has 0 radical (unpaired) electrons. The van der Waals surface area contributed by atoms with Gasteiger partial charge in [-0.15, -0.1) is 0 Å². The first-order chi connectivity index (χ1) is 22.6. The third kappa shape index (κ3) is 16.6. The van der Waals surface area contributed by atoms with Crippen molar-refractivity contribution in [3.8, 4) is 0 Å². The van der Waals surface area contributed by atoms with E-state index in [-0.39, 0.29) is 12.1 Å². The van der Waals surface area contributed by atoms with E-state index in [4.69, 9.17) is 51.1 Å². The van der Waals surface area contributed by atoms with Crippen LogP contribution in [0.1, 0.15) is 36.1 Å². The largest absolute Gasteiger partial charge is 0.473 e. The highest BCUT2D eigenvalue weighted by Crippen LogP contribution is 2.26. The Hall–Kier alpha value is -4.88. The molecule has 252 valence electrons. The third-order valence-corrected chi connectivity index (χ3v) is 6.76. The lowest BCUT2D eigenvalue weighted by molar-refractivity contribution is -0.159. The maximum absolute atomic E-state index is 9.10. The Morgan fingerprint density at radius 2 is 0.708 bits per heavy atom. The van der Waals surface area contributed by atoms with Gasteiger partial charge in [0.2, 0.25) is 0 Å². The van der Waals surface area contributed by atoms with Gasteiger partial charge < -0.3 is 31.9 Å². The zero-order valence-electron chi connectivity index (χ0n) is 26.0. The van der Waals surface area contributed by atoms with E-state index in [1.54, 1.807) is 0 Å². The van der Waals surface area contributed by atoms with Gasteiger partial charge in [0.25, 0.3) is 0 Å². The summed E-state index contributed by atoms with van der Waals surface area (Å²) >= 11 is 6.92. The highest BCUT2D eigenvalue weighted by atomic mass is 79.9. The molecule has 0 aromatic heterocycles. The predicted molar refractivity (Wildman–Crippen MR) is 193 cm³/mol. The molecule has 12 heteroatoms. The molecule has 10 nitrogen and oxygen atoms in total. The van der Waals surface area contributed by atoms with Gasteiger partial charge in [-0.3, -0.25) is 0 Å². The number of rotatable bonds is 6. The fraction of sp³-hybridized carbons (Fsp3) is 0.111. The van der Waals surface area contributed by atoms with Crippen molar-refractivity contribution in [3.63, 3.8) is 0 Å². The zero-order chi connectivity index (χ0) is 36.2. The van der Waals surface area contributed by atoms with Crippen LogP contribution in [0.3, 0.4) is 0 Å². The highest BCUT2D eigenvalue weighted by Gasteiger charge is 2.07. The number of benzene rings is 4. The summed E-state index contributed by atoms with van der Waals surface area (Å²) in [7, 11) is 0. The Bertz CT molecular complexity index is 1520. The minimum absolute atomic E-state index is 0.0313. The van der Waals surface area contributed by atoms with Gasteiger partial charge in [-0.1, -0.05) is 129 Å². The van der Waals surface area contributed by atoms with Crippen LogP contribution < -0.4 is 11.5 Å². The number of hydrogen-bond acceptors (Lipinski definition) is 6. The summed E-state index contributed by atoms with van der Waals surface area (Å²) in [5.41, 5.74) is 18.9. The molecule has 8 N–H and O–H groups in total. The number of hydrogen-bond donors (Lipinski definition) is 6. The molecule has 0 saturated carbocycles. The van der Waals surface area contributed by atoms with Crippen molar-refractivity contribution < 1.29 is 39.6 Å². The SMILES string of the molecule is CC(N)/C=C(\c1ccccc1)c1ccc(Br)cc1.CC(N)/C=C(\c1ccccc1)c1ccc(Br)cc1.O=C(O)C(=O)O.O=C(O)C(=O)O. The second-order valence-electron chi connectivity index (χ2n) is 9.85. The minimum Gasteiger partial charge on any atom is -0.473 e. The molecule has 2 unspecified atom stereocenters. The summed E-state index contributed by atoms with van der Waals surface area (Å²) in [5, 5.41) is 29.6. The zero-order valence-corrected chi connectivity index (χ0v) is 29.2. The van der Waals surface area contributed by atoms with E-state index in [1.807, 2.05) is 74.5 Å². The van der Waals surface area contributed by atoms with Crippen molar-refractivity contribution in [2.75, 3.05) is 0 Å². The van der Waals surface area contributed by atoms with E-state index < -0.39 is 23.9 Å². The standard InChI is InChI=1S/2C16H16BrN.2C2H2O4/c2*1-12(18)11-16(13-5-3-2-4-6-13)14-7-9-15(17)10-8-14;2*3-1(4)2(5)6/h2*2-12H,18H2,1H3;2*(H,3,4)(H,5,6)/b2*16-11+;;. The van der Waals surface area contributed by atoms with Gasteiger partial charge >= 0.3 is 23.9 Å². The predicted octanol–water partition coefficient (Wildman–Crippen LogP) is 6.77. The second kappa shape index (κ2) is 21.8. The first-order valence-corrected chi connectivity index (χ1v) is 15.7. The molecular formula is C36H36Br2N2O8. The highest BCUT2D eigenvalue weighted by molar-refractivity contribution is 9.10. The van der Waals surface area contributed by atoms with Crippen molar-refractivity contribution in [1.29, 1.82) is 0 Å². The van der Waals surface area contributed by atoms with Crippen molar-refractivity contribution in [1.82, 2.24) is 0 Å². The molecule has 0 bridgehead atoms. The molecule has 0 saturated heterocycles. The molecule has 0 spiro atoms. The summed E-state index contributed by atoms with van der Waals surface area (Å²) in [4.78, 5) is 36.4. The van der Waals surface area contributed by atoms with Gasteiger partial charge in [0.1, 0.15) is 0 Å². The summed E-state index contributed by atoms with van der Waals surface area (Å²) in [5.74, 6) is -7.30. The first-order valence-electron chi connectivity index (χ1n) is 14.1. The summed E-state index contributed by atoms with van der Waals surface area (Å²) in [6.45, 7) is 3.98. The van der Waals surface area contributed by atoms with E-state index >= 15 is 0 Å². The van der Waals surface area contributed by atoms with Gasteiger partial charge in [0, 0.05) is 21.0 Å². The van der Waals surface area contributed by atoms with Crippen molar-refractivity contribution in [3.05, 3.63) is 153 Å². The van der Waals surface area contributed by atoms with Gasteiger partial charge in [-0.25, -0.2) is 19.2 Å². The Balaban J connectivity index is 0.000000361. The lowest BCUT2D eigenvalue weighted by Gasteiger charge is -2.10. The van der Waals surface area contributed by atoms with E-state index in [0.29, 0.717) is 0 Å².